The Morgan fingerprint density at radius 2 is 1.74 bits per heavy atom. The fourth-order valence-electron chi connectivity index (χ4n) is 3.38. The molecule has 136 valence electrons. The van der Waals surface area contributed by atoms with E-state index in [4.69, 9.17) is 0 Å². The molecule has 2 heterocycles. The summed E-state index contributed by atoms with van der Waals surface area (Å²) in [6.45, 7) is 1.68. The highest BCUT2D eigenvalue weighted by atomic mass is 16.3. The third-order valence-corrected chi connectivity index (χ3v) is 4.95. The van der Waals surface area contributed by atoms with Crippen LogP contribution in [0.25, 0.3) is 0 Å². The van der Waals surface area contributed by atoms with Gasteiger partial charge in [-0.2, -0.15) is 0 Å². The van der Waals surface area contributed by atoms with Gasteiger partial charge in [-0.1, -0.05) is 30.3 Å². The molecule has 5 heteroatoms. The number of amides is 1. The highest BCUT2D eigenvalue weighted by Crippen LogP contribution is 2.24. The molecule has 0 saturated heterocycles. The van der Waals surface area contributed by atoms with E-state index in [1.54, 1.807) is 37.4 Å². The van der Waals surface area contributed by atoms with Crippen LogP contribution in [0.1, 0.15) is 21.6 Å². The van der Waals surface area contributed by atoms with Crippen LogP contribution < -0.4 is 9.80 Å². The first-order valence-corrected chi connectivity index (χ1v) is 8.98. The molecule has 1 N–H and O–H groups in total. The van der Waals surface area contributed by atoms with Crippen molar-refractivity contribution in [2.24, 2.45) is 0 Å². The van der Waals surface area contributed by atoms with Crippen molar-refractivity contribution in [3.63, 3.8) is 0 Å². The SMILES string of the molecule is CN(C(=O)c1cccc(N2CCc3ccccc3C2)n1)c1ccc(O)cc1. The summed E-state index contributed by atoms with van der Waals surface area (Å²) < 4.78 is 0. The van der Waals surface area contributed by atoms with Gasteiger partial charge in [-0.3, -0.25) is 4.79 Å². The normalized spacial score (nSPS) is 13.1. The van der Waals surface area contributed by atoms with E-state index in [0.717, 1.165) is 25.3 Å². The molecular formula is C22H21N3O2. The summed E-state index contributed by atoms with van der Waals surface area (Å²) in [5, 5.41) is 9.42. The van der Waals surface area contributed by atoms with E-state index in [9.17, 15) is 9.90 Å². The van der Waals surface area contributed by atoms with Crippen LogP contribution in [0.4, 0.5) is 11.5 Å². The van der Waals surface area contributed by atoms with Gasteiger partial charge in [0, 0.05) is 25.8 Å². The van der Waals surface area contributed by atoms with Gasteiger partial charge in [-0.25, -0.2) is 4.98 Å². The Labute approximate surface area is 158 Å². The molecule has 0 spiro atoms. The molecule has 1 aromatic heterocycles. The van der Waals surface area contributed by atoms with Gasteiger partial charge in [0.25, 0.3) is 5.91 Å². The van der Waals surface area contributed by atoms with Crippen molar-refractivity contribution in [1.82, 2.24) is 4.98 Å². The summed E-state index contributed by atoms with van der Waals surface area (Å²) in [4.78, 5) is 21.2. The van der Waals surface area contributed by atoms with Crippen LogP contribution in [0.3, 0.4) is 0 Å². The number of fused-ring (bicyclic) bond motifs is 1. The van der Waals surface area contributed by atoms with Crippen molar-refractivity contribution >= 4 is 17.4 Å². The largest absolute Gasteiger partial charge is 0.508 e. The van der Waals surface area contributed by atoms with E-state index in [2.05, 4.69) is 34.1 Å². The maximum atomic E-state index is 12.8. The lowest BCUT2D eigenvalue weighted by molar-refractivity contribution is 0.0988. The lowest BCUT2D eigenvalue weighted by Crippen LogP contribution is -2.32. The van der Waals surface area contributed by atoms with Crippen molar-refractivity contribution in [2.45, 2.75) is 13.0 Å². The molecule has 2 aromatic carbocycles. The van der Waals surface area contributed by atoms with Gasteiger partial charge < -0.3 is 14.9 Å². The zero-order valence-electron chi connectivity index (χ0n) is 15.2. The van der Waals surface area contributed by atoms with E-state index < -0.39 is 0 Å². The monoisotopic (exact) mass is 359 g/mol. The molecule has 1 aliphatic heterocycles. The Morgan fingerprint density at radius 1 is 1.00 bits per heavy atom. The number of benzene rings is 2. The number of rotatable bonds is 3. The van der Waals surface area contributed by atoms with E-state index in [0.29, 0.717) is 11.4 Å². The molecule has 3 aromatic rings. The highest BCUT2D eigenvalue weighted by Gasteiger charge is 2.20. The first-order chi connectivity index (χ1) is 13.1. The molecule has 0 atom stereocenters. The summed E-state index contributed by atoms with van der Waals surface area (Å²) in [5.74, 6) is 0.805. The third kappa shape index (κ3) is 3.49. The van der Waals surface area contributed by atoms with Crippen molar-refractivity contribution in [2.75, 3.05) is 23.4 Å². The molecule has 27 heavy (non-hydrogen) atoms. The quantitative estimate of drug-likeness (QED) is 0.776. The minimum absolute atomic E-state index is 0.171. The van der Waals surface area contributed by atoms with Gasteiger partial charge in [0.05, 0.1) is 0 Å². The van der Waals surface area contributed by atoms with Crippen LogP contribution in [0, 0.1) is 0 Å². The Balaban J connectivity index is 1.56. The fraction of sp³-hybridized carbons (Fsp3) is 0.182. The standard InChI is InChI=1S/C22H21N3O2/c1-24(18-9-11-19(26)12-10-18)22(27)20-7-4-8-21(23-20)25-14-13-16-5-2-3-6-17(16)15-25/h2-12,26H,13-15H2,1H3. The molecule has 0 unspecified atom stereocenters. The summed E-state index contributed by atoms with van der Waals surface area (Å²) in [7, 11) is 1.71. The smallest absolute Gasteiger partial charge is 0.276 e. The van der Waals surface area contributed by atoms with Crippen molar-refractivity contribution in [3.05, 3.63) is 83.6 Å². The summed E-state index contributed by atoms with van der Waals surface area (Å²) in [6, 6.07) is 20.6. The predicted octanol–water partition coefficient (Wildman–Crippen LogP) is 3.63. The van der Waals surface area contributed by atoms with Crippen LogP contribution in [-0.2, 0) is 13.0 Å². The first-order valence-electron chi connectivity index (χ1n) is 8.98. The molecule has 0 radical (unpaired) electrons. The molecule has 1 amide bonds. The van der Waals surface area contributed by atoms with Crippen molar-refractivity contribution in [3.8, 4) is 5.75 Å². The van der Waals surface area contributed by atoms with Gasteiger partial charge >= 0.3 is 0 Å². The molecule has 1 aliphatic rings. The second-order valence-electron chi connectivity index (χ2n) is 6.70. The topological polar surface area (TPSA) is 56.7 Å². The average Bonchev–Trinajstić information content (AvgIpc) is 2.73. The van der Waals surface area contributed by atoms with Gasteiger partial charge in [0.1, 0.15) is 17.3 Å². The summed E-state index contributed by atoms with van der Waals surface area (Å²) in [5.41, 5.74) is 3.80. The lowest BCUT2D eigenvalue weighted by Gasteiger charge is -2.30. The second kappa shape index (κ2) is 7.11. The average molecular weight is 359 g/mol. The van der Waals surface area contributed by atoms with Crippen molar-refractivity contribution in [1.29, 1.82) is 0 Å². The number of hydrogen-bond donors (Lipinski definition) is 1. The van der Waals surface area contributed by atoms with E-state index in [-0.39, 0.29) is 11.7 Å². The minimum Gasteiger partial charge on any atom is -0.508 e. The van der Waals surface area contributed by atoms with Crippen LogP contribution in [-0.4, -0.2) is 29.6 Å². The van der Waals surface area contributed by atoms with Gasteiger partial charge in [-0.15, -0.1) is 0 Å². The Morgan fingerprint density at radius 3 is 2.52 bits per heavy atom. The Hall–Kier alpha value is -3.34. The van der Waals surface area contributed by atoms with Gasteiger partial charge in [0.2, 0.25) is 0 Å². The number of aromatic hydroxyl groups is 1. The van der Waals surface area contributed by atoms with Crippen LogP contribution >= 0.6 is 0 Å². The molecule has 0 fully saturated rings. The summed E-state index contributed by atoms with van der Waals surface area (Å²) >= 11 is 0. The van der Waals surface area contributed by atoms with Gasteiger partial charge in [-0.05, 0) is 53.9 Å². The number of nitrogens with zero attached hydrogens (tertiary/aromatic N) is 3. The third-order valence-electron chi connectivity index (χ3n) is 4.95. The molecule has 5 nitrogen and oxygen atoms in total. The minimum atomic E-state index is -0.181. The molecule has 0 bridgehead atoms. The van der Waals surface area contributed by atoms with E-state index >= 15 is 0 Å². The second-order valence-corrected chi connectivity index (χ2v) is 6.70. The molecular weight excluding hydrogens is 338 g/mol. The maximum absolute atomic E-state index is 12.8. The highest BCUT2D eigenvalue weighted by molar-refractivity contribution is 6.04. The number of carbonyl (C=O) groups is 1. The van der Waals surface area contributed by atoms with E-state index in [1.807, 2.05) is 12.1 Å². The van der Waals surface area contributed by atoms with Crippen molar-refractivity contribution < 1.29 is 9.90 Å². The summed E-state index contributed by atoms with van der Waals surface area (Å²) in [6.07, 6.45) is 0.976. The van der Waals surface area contributed by atoms with Crippen LogP contribution in [0.2, 0.25) is 0 Å². The van der Waals surface area contributed by atoms with E-state index in [1.165, 1.54) is 16.0 Å². The lowest BCUT2D eigenvalue weighted by atomic mass is 10.00. The van der Waals surface area contributed by atoms with Crippen LogP contribution in [0.5, 0.6) is 5.75 Å². The zero-order valence-corrected chi connectivity index (χ0v) is 15.2. The fourth-order valence-corrected chi connectivity index (χ4v) is 3.38. The number of phenolic OH excluding ortho intramolecular Hbond substituents is 1. The number of anilines is 2. The molecule has 0 saturated carbocycles. The Bertz CT molecular complexity index is 969. The predicted molar refractivity (Wildman–Crippen MR) is 106 cm³/mol. The number of pyridine rings is 1. The maximum Gasteiger partial charge on any atom is 0.276 e. The Kier molecular flexibility index (Phi) is 4.50. The van der Waals surface area contributed by atoms with Crippen LogP contribution in [0.15, 0.2) is 66.7 Å². The zero-order chi connectivity index (χ0) is 18.8. The number of carbonyl (C=O) groups excluding carboxylic acids is 1. The molecule has 0 aliphatic carbocycles. The molecule has 4 rings (SSSR count). The number of aromatic nitrogens is 1. The number of phenols is 1. The number of hydrogen-bond acceptors (Lipinski definition) is 4. The van der Waals surface area contributed by atoms with Gasteiger partial charge in [0.15, 0.2) is 0 Å². The first kappa shape index (κ1) is 17.1.